The number of ether oxygens (including phenoxy) is 1. The Bertz CT molecular complexity index is 396. The Morgan fingerprint density at radius 3 is 2.82 bits per heavy atom. The van der Waals surface area contributed by atoms with Crippen LogP contribution in [0.5, 0.6) is 0 Å². The molecule has 0 aliphatic heterocycles. The zero-order valence-electron chi connectivity index (χ0n) is 10.1. The molecule has 1 aromatic carbocycles. The summed E-state index contributed by atoms with van der Waals surface area (Å²) in [6, 6.07) is 5.01. The van der Waals surface area contributed by atoms with Crippen LogP contribution in [-0.4, -0.2) is 23.2 Å². The number of rotatable bonds is 6. The first-order chi connectivity index (χ1) is 8.00. The molecule has 0 saturated heterocycles. The molecule has 0 spiro atoms. The highest BCUT2D eigenvalue weighted by Gasteiger charge is 2.09. The summed E-state index contributed by atoms with van der Waals surface area (Å²) in [7, 11) is -1.16. The van der Waals surface area contributed by atoms with E-state index < -0.39 is 10.8 Å². The number of nitrogens with two attached hydrogens (primary N) is 1. The summed E-state index contributed by atoms with van der Waals surface area (Å²) in [5.41, 5.74) is 6.21. The van der Waals surface area contributed by atoms with Gasteiger partial charge in [-0.25, -0.2) is 0 Å². The van der Waals surface area contributed by atoms with E-state index in [0.717, 1.165) is 0 Å². The molecule has 1 rings (SSSR count). The third kappa shape index (κ3) is 5.06. The van der Waals surface area contributed by atoms with Crippen molar-refractivity contribution in [3.05, 3.63) is 23.2 Å². The van der Waals surface area contributed by atoms with E-state index in [1.54, 1.807) is 18.2 Å². The van der Waals surface area contributed by atoms with Crippen LogP contribution in [0.3, 0.4) is 0 Å². The normalized spacial score (nSPS) is 12.9. The quantitative estimate of drug-likeness (QED) is 0.641. The van der Waals surface area contributed by atoms with Gasteiger partial charge in [0.25, 0.3) is 0 Å². The molecular weight excluding hydrogens is 258 g/mol. The van der Waals surface area contributed by atoms with Crippen molar-refractivity contribution in [3.63, 3.8) is 0 Å². The summed E-state index contributed by atoms with van der Waals surface area (Å²) in [5.74, 6) is 0.926. The third-order valence-electron chi connectivity index (χ3n) is 2.06. The molecule has 0 saturated carbocycles. The topological polar surface area (TPSA) is 52.3 Å². The predicted octanol–water partition coefficient (Wildman–Crippen LogP) is 2.70. The molecule has 17 heavy (non-hydrogen) atoms. The summed E-state index contributed by atoms with van der Waals surface area (Å²) < 4.78 is 17.3. The fourth-order valence-corrected chi connectivity index (χ4v) is 2.68. The maximum Gasteiger partial charge on any atom is 0.0595 e. The fourth-order valence-electron chi connectivity index (χ4n) is 1.26. The molecule has 0 heterocycles. The van der Waals surface area contributed by atoms with E-state index in [1.165, 1.54) is 0 Å². The van der Waals surface area contributed by atoms with Crippen molar-refractivity contribution in [3.8, 4) is 0 Å². The lowest BCUT2D eigenvalue weighted by Crippen LogP contribution is -2.10. The van der Waals surface area contributed by atoms with E-state index in [-0.39, 0.29) is 0 Å². The van der Waals surface area contributed by atoms with Crippen molar-refractivity contribution in [1.29, 1.82) is 0 Å². The van der Waals surface area contributed by atoms with E-state index in [0.29, 0.717) is 40.5 Å². The molecule has 2 N–H and O–H groups in total. The Labute approximate surface area is 110 Å². The second-order valence-corrected chi connectivity index (χ2v) is 6.15. The van der Waals surface area contributed by atoms with Crippen LogP contribution in [0.25, 0.3) is 0 Å². The van der Waals surface area contributed by atoms with Gasteiger partial charge >= 0.3 is 0 Å². The largest absolute Gasteiger partial charge is 0.399 e. The van der Waals surface area contributed by atoms with E-state index in [4.69, 9.17) is 22.1 Å². The maximum absolute atomic E-state index is 12.0. The number of halogens is 1. The lowest BCUT2D eigenvalue weighted by molar-refractivity contribution is 0.123. The van der Waals surface area contributed by atoms with Crippen molar-refractivity contribution in [2.45, 2.75) is 18.7 Å². The molecule has 1 aromatic rings. The minimum absolute atomic E-state index is 0.440. The van der Waals surface area contributed by atoms with Gasteiger partial charge in [0.2, 0.25) is 0 Å². The Balaban J connectivity index is 2.49. The van der Waals surface area contributed by atoms with Gasteiger partial charge in [-0.15, -0.1) is 0 Å². The van der Waals surface area contributed by atoms with Gasteiger partial charge in [-0.05, 0) is 24.1 Å². The van der Waals surface area contributed by atoms with Crippen LogP contribution < -0.4 is 5.73 Å². The number of hydrogen-bond acceptors (Lipinski definition) is 3. The van der Waals surface area contributed by atoms with E-state index in [9.17, 15) is 4.21 Å². The van der Waals surface area contributed by atoms with Crippen molar-refractivity contribution >= 4 is 28.1 Å². The predicted molar refractivity (Wildman–Crippen MR) is 72.8 cm³/mol. The van der Waals surface area contributed by atoms with Gasteiger partial charge in [-0.2, -0.15) is 0 Å². The first kappa shape index (κ1) is 14.5. The van der Waals surface area contributed by atoms with Gasteiger partial charge in [0.1, 0.15) is 0 Å². The summed E-state index contributed by atoms with van der Waals surface area (Å²) in [4.78, 5) is 0.583. The Morgan fingerprint density at radius 2 is 2.18 bits per heavy atom. The van der Waals surface area contributed by atoms with Gasteiger partial charge < -0.3 is 10.5 Å². The summed E-state index contributed by atoms with van der Waals surface area (Å²) in [5, 5.41) is 0.487. The highest BCUT2D eigenvalue weighted by Crippen LogP contribution is 2.22. The molecule has 0 aliphatic carbocycles. The number of nitrogen functional groups attached to an aromatic ring is 1. The van der Waals surface area contributed by atoms with Crippen molar-refractivity contribution in [1.82, 2.24) is 0 Å². The lowest BCUT2D eigenvalue weighted by Gasteiger charge is -2.08. The zero-order valence-corrected chi connectivity index (χ0v) is 11.7. The Kier molecular flexibility index (Phi) is 5.95. The Hall–Kier alpha value is -0.580. The van der Waals surface area contributed by atoms with Crippen LogP contribution in [0.4, 0.5) is 5.69 Å². The molecule has 96 valence electrons. The second kappa shape index (κ2) is 6.99. The molecule has 0 aliphatic rings. The van der Waals surface area contributed by atoms with Crippen LogP contribution in [0.15, 0.2) is 23.1 Å². The molecule has 1 atom stereocenters. The average molecular weight is 276 g/mol. The monoisotopic (exact) mass is 275 g/mol. The minimum atomic E-state index is -1.16. The van der Waals surface area contributed by atoms with Crippen molar-refractivity contribution in [2.75, 3.05) is 24.7 Å². The first-order valence-corrected chi connectivity index (χ1v) is 7.21. The van der Waals surface area contributed by atoms with Gasteiger partial charge in [0.15, 0.2) is 0 Å². The van der Waals surface area contributed by atoms with Crippen LogP contribution in [0.1, 0.15) is 13.8 Å². The molecular formula is C12H18ClNO2S. The average Bonchev–Trinajstić information content (AvgIpc) is 2.27. The third-order valence-corrected chi connectivity index (χ3v) is 3.87. The molecule has 0 fully saturated rings. The van der Waals surface area contributed by atoms with Crippen molar-refractivity contribution < 1.29 is 8.95 Å². The number of hydrogen-bond donors (Lipinski definition) is 1. The standard InChI is InChI=1S/C12H18ClNO2S/c1-9(2)8-16-5-6-17(15)12-7-10(14)3-4-11(12)13/h3-4,7,9H,5-6,8,14H2,1-2H3. The molecule has 0 bridgehead atoms. The van der Waals surface area contributed by atoms with Crippen LogP contribution in [0.2, 0.25) is 5.02 Å². The molecule has 0 amide bonds. The molecule has 0 aromatic heterocycles. The van der Waals surface area contributed by atoms with Crippen LogP contribution >= 0.6 is 11.6 Å². The lowest BCUT2D eigenvalue weighted by atomic mass is 10.2. The highest BCUT2D eigenvalue weighted by molar-refractivity contribution is 7.85. The van der Waals surface area contributed by atoms with Gasteiger partial charge in [-0.1, -0.05) is 25.4 Å². The van der Waals surface area contributed by atoms with E-state index >= 15 is 0 Å². The van der Waals surface area contributed by atoms with Gasteiger partial charge in [0.05, 0.1) is 33.1 Å². The SMILES string of the molecule is CC(C)COCCS(=O)c1cc(N)ccc1Cl. The Morgan fingerprint density at radius 1 is 1.47 bits per heavy atom. The maximum atomic E-state index is 12.0. The minimum Gasteiger partial charge on any atom is -0.399 e. The summed E-state index contributed by atoms with van der Waals surface area (Å²) in [6.07, 6.45) is 0. The number of benzene rings is 1. The van der Waals surface area contributed by atoms with Crippen LogP contribution in [0, 0.1) is 5.92 Å². The number of anilines is 1. The van der Waals surface area contributed by atoms with Crippen molar-refractivity contribution in [2.24, 2.45) is 5.92 Å². The highest BCUT2D eigenvalue weighted by atomic mass is 35.5. The zero-order chi connectivity index (χ0) is 12.8. The van der Waals surface area contributed by atoms with E-state index in [1.807, 2.05) is 0 Å². The molecule has 3 nitrogen and oxygen atoms in total. The fraction of sp³-hybridized carbons (Fsp3) is 0.500. The first-order valence-electron chi connectivity index (χ1n) is 5.52. The second-order valence-electron chi connectivity index (χ2n) is 4.21. The van der Waals surface area contributed by atoms with Gasteiger partial charge in [-0.3, -0.25) is 4.21 Å². The summed E-state index contributed by atoms with van der Waals surface area (Å²) in [6.45, 7) is 5.30. The molecule has 0 radical (unpaired) electrons. The summed E-state index contributed by atoms with van der Waals surface area (Å²) >= 11 is 5.96. The molecule has 5 heteroatoms. The van der Waals surface area contributed by atoms with E-state index in [2.05, 4.69) is 13.8 Å². The molecule has 1 unspecified atom stereocenters. The van der Waals surface area contributed by atoms with Crippen LogP contribution in [-0.2, 0) is 15.5 Å². The smallest absolute Gasteiger partial charge is 0.0595 e. The van der Waals surface area contributed by atoms with Gasteiger partial charge in [0, 0.05) is 12.3 Å².